The molecule has 0 radical (unpaired) electrons. The maximum atomic E-state index is 12.3. The summed E-state index contributed by atoms with van der Waals surface area (Å²) in [7, 11) is -3.29. The molecule has 1 unspecified atom stereocenters. The van der Waals surface area contributed by atoms with Crippen molar-refractivity contribution >= 4 is 15.9 Å². The number of carbonyl (C=O) groups excluding carboxylic acids is 1. The van der Waals surface area contributed by atoms with E-state index in [1.807, 2.05) is 0 Å². The summed E-state index contributed by atoms with van der Waals surface area (Å²) in [5, 5.41) is 0. The highest BCUT2D eigenvalue weighted by molar-refractivity contribution is 7.88. The van der Waals surface area contributed by atoms with E-state index in [2.05, 4.69) is 4.72 Å². The molecule has 0 bridgehead atoms. The van der Waals surface area contributed by atoms with Crippen molar-refractivity contribution in [2.45, 2.75) is 25.3 Å². The normalized spacial score (nSPS) is 24.7. The maximum Gasteiger partial charge on any atom is 0.289 e. The van der Waals surface area contributed by atoms with Crippen LogP contribution in [0.1, 0.15) is 29.8 Å². The molecule has 1 aromatic rings. The predicted octanol–water partition coefficient (Wildman–Crippen LogP) is 0.840. The molecule has 2 saturated heterocycles. The Balaban J connectivity index is 1.69. The molecule has 0 saturated carbocycles. The first-order chi connectivity index (χ1) is 10.9. The van der Waals surface area contributed by atoms with Crippen LogP contribution >= 0.6 is 0 Å². The van der Waals surface area contributed by atoms with E-state index in [9.17, 15) is 13.2 Å². The average Bonchev–Trinajstić information content (AvgIpc) is 3.03. The van der Waals surface area contributed by atoms with E-state index in [0.717, 1.165) is 19.3 Å². The summed E-state index contributed by atoms with van der Waals surface area (Å²) in [6.07, 6.45) is 4.99. The number of ether oxygens (including phenoxy) is 1. The van der Waals surface area contributed by atoms with Crippen LogP contribution in [0.2, 0.25) is 0 Å². The molecule has 8 heteroatoms. The van der Waals surface area contributed by atoms with Crippen molar-refractivity contribution in [1.29, 1.82) is 0 Å². The van der Waals surface area contributed by atoms with Gasteiger partial charge in [-0.1, -0.05) is 0 Å². The number of nitrogens with one attached hydrogen (secondary N) is 1. The van der Waals surface area contributed by atoms with Crippen LogP contribution in [0.3, 0.4) is 0 Å². The second kappa shape index (κ2) is 6.26. The van der Waals surface area contributed by atoms with Crippen LogP contribution in [0.5, 0.6) is 0 Å². The minimum absolute atomic E-state index is 0.107. The Labute approximate surface area is 136 Å². The van der Waals surface area contributed by atoms with Gasteiger partial charge in [0.1, 0.15) is 0 Å². The van der Waals surface area contributed by atoms with E-state index < -0.39 is 10.0 Å². The number of sulfonamides is 1. The van der Waals surface area contributed by atoms with Gasteiger partial charge in [0, 0.05) is 19.7 Å². The summed E-state index contributed by atoms with van der Waals surface area (Å²) in [4.78, 5) is 14.1. The van der Waals surface area contributed by atoms with Crippen molar-refractivity contribution < 1.29 is 22.4 Å². The van der Waals surface area contributed by atoms with Crippen molar-refractivity contribution in [2.75, 3.05) is 32.6 Å². The highest BCUT2D eigenvalue weighted by atomic mass is 32.2. The quantitative estimate of drug-likeness (QED) is 0.879. The van der Waals surface area contributed by atoms with Crippen LogP contribution in [0.15, 0.2) is 22.8 Å². The Morgan fingerprint density at radius 3 is 2.70 bits per heavy atom. The van der Waals surface area contributed by atoms with E-state index in [-0.39, 0.29) is 17.4 Å². The van der Waals surface area contributed by atoms with Crippen molar-refractivity contribution in [1.82, 2.24) is 9.62 Å². The Morgan fingerprint density at radius 2 is 2.09 bits per heavy atom. The Hall–Kier alpha value is -1.38. The summed E-state index contributed by atoms with van der Waals surface area (Å²) in [6, 6.07) is 3.13. The average molecular weight is 342 g/mol. The number of carbonyl (C=O) groups is 1. The fourth-order valence-corrected chi connectivity index (χ4v) is 4.39. The van der Waals surface area contributed by atoms with Gasteiger partial charge in [0.25, 0.3) is 5.91 Å². The number of likely N-dealkylation sites (tertiary alicyclic amines) is 1. The van der Waals surface area contributed by atoms with E-state index in [4.69, 9.17) is 9.15 Å². The molecule has 2 aliphatic rings. The Bertz CT molecular complexity index is 647. The van der Waals surface area contributed by atoms with Gasteiger partial charge in [-0.2, -0.15) is 0 Å². The lowest BCUT2D eigenvalue weighted by Gasteiger charge is -2.48. The first-order valence-corrected chi connectivity index (χ1v) is 9.67. The highest BCUT2D eigenvalue weighted by Crippen LogP contribution is 2.41. The largest absolute Gasteiger partial charge is 0.459 e. The van der Waals surface area contributed by atoms with Crippen LogP contribution in [-0.4, -0.2) is 57.8 Å². The Morgan fingerprint density at radius 1 is 1.35 bits per heavy atom. The van der Waals surface area contributed by atoms with Gasteiger partial charge < -0.3 is 14.1 Å². The predicted molar refractivity (Wildman–Crippen MR) is 83.5 cm³/mol. The highest BCUT2D eigenvalue weighted by Gasteiger charge is 2.45. The SMILES string of the molecule is CS(=O)(=O)NC1COCCC12CCN(C(=O)c1ccco1)CC2. The molecule has 1 spiro atoms. The number of furan rings is 1. The minimum atomic E-state index is -3.29. The zero-order valence-corrected chi connectivity index (χ0v) is 14.0. The zero-order chi connectivity index (χ0) is 16.5. The number of piperidine rings is 1. The molecule has 0 aliphatic carbocycles. The summed E-state index contributed by atoms with van der Waals surface area (Å²) >= 11 is 0. The van der Waals surface area contributed by atoms with Gasteiger partial charge in [-0.25, -0.2) is 13.1 Å². The second-order valence-electron chi connectivity index (χ2n) is 6.40. The molecule has 3 rings (SSSR count). The maximum absolute atomic E-state index is 12.3. The van der Waals surface area contributed by atoms with Crippen molar-refractivity contribution in [3.63, 3.8) is 0 Å². The molecule has 1 amide bonds. The first kappa shape index (κ1) is 16.5. The second-order valence-corrected chi connectivity index (χ2v) is 8.18. The van der Waals surface area contributed by atoms with Gasteiger partial charge >= 0.3 is 0 Å². The lowest BCUT2D eigenvalue weighted by atomic mass is 9.69. The van der Waals surface area contributed by atoms with Gasteiger partial charge in [-0.05, 0) is 36.8 Å². The summed E-state index contributed by atoms with van der Waals surface area (Å²) < 4.78 is 36.6. The van der Waals surface area contributed by atoms with Crippen molar-refractivity contribution in [2.24, 2.45) is 5.41 Å². The number of rotatable bonds is 3. The third-order valence-electron chi connectivity index (χ3n) is 4.90. The fraction of sp³-hybridized carbons (Fsp3) is 0.667. The summed E-state index contributed by atoms with van der Waals surface area (Å²) in [5.41, 5.74) is -0.138. The van der Waals surface area contributed by atoms with E-state index in [1.165, 1.54) is 12.5 Å². The molecular formula is C15H22N2O5S. The van der Waals surface area contributed by atoms with Crippen molar-refractivity contribution in [3.05, 3.63) is 24.2 Å². The molecule has 2 fully saturated rings. The van der Waals surface area contributed by atoms with Crippen LogP contribution in [0.25, 0.3) is 0 Å². The lowest BCUT2D eigenvalue weighted by molar-refractivity contribution is -0.0403. The van der Waals surface area contributed by atoms with Gasteiger partial charge in [0.15, 0.2) is 5.76 Å². The number of nitrogens with zero attached hydrogens (tertiary/aromatic N) is 1. The smallest absolute Gasteiger partial charge is 0.289 e. The van der Waals surface area contributed by atoms with Crippen LogP contribution in [0, 0.1) is 5.41 Å². The van der Waals surface area contributed by atoms with E-state index >= 15 is 0 Å². The van der Waals surface area contributed by atoms with Gasteiger partial charge in [-0.3, -0.25) is 4.79 Å². The lowest BCUT2D eigenvalue weighted by Crippen LogP contribution is -2.57. The van der Waals surface area contributed by atoms with E-state index in [0.29, 0.717) is 32.1 Å². The van der Waals surface area contributed by atoms with Crippen LogP contribution in [-0.2, 0) is 14.8 Å². The standard InChI is InChI=1S/C15H22N2O5S/c1-23(19,20)16-13-11-21-10-6-15(13)4-7-17(8-5-15)14(18)12-3-2-9-22-12/h2-3,9,13,16H,4-8,10-11H2,1H3. The number of amides is 1. The Kier molecular flexibility index (Phi) is 4.48. The molecule has 1 N–H and O–H groups in total. The molecule has 1 atom stereocenters. The molecule has 2 aliphatic heterocycles. The van der Waals surface area contributed by atoms with Gasteiger partial charge in [0.05, 0.1) is 25.2 Å². The summed E-state index contributed by atoms with van der Waals surface area (Å²) in [6.45, 7) is 2.22. The summed E-state index contributed by atoms with van der Waals surface area (Å²) in [5.74, 6) is 0.239. The minimum Gasteiger partial charge on any atom is -0.459 e. The van der Waals surface area contributed by atoms with Gasteiger partial charge in [0.2, 0.25) is 10.0 Å². The number of hydrogen-bond acceptors (Lipinski definition) is 5. The van der Waals surface area contributed by atoms with E-state index in [1.54, 1.807) is 17.0 Å². The number of hydrogen-bond donors (Lipinski definition) is 1. The first-order valence-electron chi connectivity index (χ1n) is 7.77. The molecular weight excluding hydrogens is 320 g/mol. The van der Waals surface area contributed by atoms with Crippen LogP contribution in [0.4, 0.5) is 0 Å². The van der Waals surface area contributed by atoms with Crippen LogP contribution < -0.4 is 4.72 Å². The third kappa shape index (κ3) is 3.59. The molecule has 0 aromatic carbocycles. The molecule has 1 aromatic heterocycles. The topological polar surface area (TPSA) is 88.9 Å². The molecule has 3 heterocycles. The fourth-order valence-electron chi connectivity index (χ4n) is 3.55. The van der Waals surface area contributed by atoms with Gasteiger partial charge in [-0.15, -0.1) is 0 Å². The molecule has 23 heavy (non-hydrogen) atoms. The third-order valence-corrected chi connectivity index (χ3v) is 5.62. The monoisotopic (exact) mass is 342 g/mol. The molecule has 128 valence electrons. The molecule has 7 nitrogen and oxygen atoms in total. The van der Waals surface area contributed by atoms with Crippen molar-refractivity contribution in [3.8, 4) is 0 Å². The zero-order valence-electron chi connectivity index (χ0n) is 13.2.